The second-order valence-corrected chi connectivity index (χ2v) is 7.56. The van der Waals surface area contributed by atoms with E-state index in [9.17, 15) is 9.59 Å². The van der Waals surface area contributed by atoms with Gasteiger partial charge in [0.05, 0.1) is 24.2 Å². The number of nitrogens with one attached hydrogen (secondary N) is 3. The van der Waals surface area contributed by atoms with Crippen LogP contribution in [0, 0.1) is 5.92 Å². The summed E-state index contributed by atoms with van der Waals surface area (Å²) in [4.78, 5) is 24.4. The lowest BCUT2D eigenvalue weighted by atomic mass is 9.96. The fraction of sp³-hybridized carbons (Fsp3) is 0.579. The van der Waals surface area contributed by atoms with Gasteiger partial charge in [0.15, 0.2) is 0 Å². The molecule has 1 saturated carbocycles. The van der Waals surface area contributed by atoms with Crippen LogP contribution in [0.1, 0.15) is 57.6 Å². The maximum atomic E-state index is 12.7. The summed E-state index contributed by atoms with van der Waals surface area (Å²) >= 11 is 0. The number of carbonyl (C=O) groups is 2. The first-order valence-electron chi connectivity index (χ1n) is 8.79. The van der Waals surface area contributed by atoms with Gasteiger partial charge in [-0.2, -0.15) is 0 Å². The fourth-order valence-electron chi connectivity index (χ4n) is 3.60. The normalized spacial score (nSPS) is 32.4. The molecular formula is C19H27N3O2. The molecule has 1 heterocycles. The van der Waals surface area contributed by atoms with Crippen LogP contribution in [0.5, 0.6) is 0 Å². The third-order valence-electron chi connectivity index (χ3n) is 5.28. The molecule has 3 rings (SSSR count). The molecule has 0 radical (unpaired) electrons. The van der Waals surface area contributed by atoms with Crippen molar-refractivity contribution in [2.75, 3.05) is 0 Å². The highest BCUT2D eigenvalue weighted by atomic mass is 16.2. The van der Waals surface area contributed by atoms with Gasteiger partial charge >= 0.3 is 0 Å². The second kappa shape index (κ2) is 6.20. The van der Waals surface area contributed by atoms with Crippen molar-refractivity contribution in [3.05, 3.63) is 35.4 Å². The van der Waals surface area contributed by atoms with Crippen LogP contribution >= 0.6 is 0 Å². The van der Waals surface area contributed by atoms with E-state index in [-0.39, 0.29) is 29.9 Å². The summed E-state index contributed by atoms with van der Waals surface area (Å²) < 4.78 is 0. The van der Waals surface area contributed by atoms with E-state index in [2.05, 4.69) is 61.0 Å². The lowest BCUT2D eigenvalue weighted by Crippen LogP contribution is -2.60. The van der Waals surface area contributed by atoms with Gasteiger partial charge in [-0.25, -0.2) is 0 Å². The minimum atomic E-state index is -0.464. The molecule has 5 nitrogen and oxygen atoms in total. The summed E-state index contributed by atoms with van der Waals surface area (Å²) in [7, 11) is 0. The molecule has 2 fully saturated rings. The molecule has 1 aromatic carbocycles. The first-order chi connectivity index (χ1) is 11.3. The third-order valence-corrected chi connectivity index (χ3v) is 5.28. The summed E-state index contributed by atoms with van der Waals surface area (Å²) in [6, 6.07) is 8.08. The van der Waals surface area contributed by atoms with Crippen LogP contribution in [-0.2, 0) is 15.1 Å². The van der Waals surface area contributed by atoms with Crippen LogP contribution in [0.25, 0.3) is 0 Å². The Morgan fingerprint density at radius 2 is 1.88 bits per heavy atom. The molecular weight excluding hydrogens is 302 g/mol. The van der Waals surface area contributed by atoms with Gasteiger partial charge in [-0.15, -0.1) is 0 Å². The Bertz CT molecular complexity index is 641. The number of amides is 2. The smallest absolute Gasteiger partial charge is 0.238 e. The van der Waals surface area contributed by atoms with Crippen LogP contribution in [0.4, 0.5) is 0 Å². The minimum Gasteiger partial charge on any atom is -0.345 e. The third kappa shape index (κ3) is 3.18. The number of hydrogen-bond donors (Lipinski definition) is 3. The molecule has 0 aromatic heterocycles. The van der Waals surface area contributed by atoms with Gasteiger partial charge < -0.3 is 10.6 Å². The Kier molecular flexibility index (Phi) is 4.38. The van der Waals surface area contributed by atoms with Gasteiger partial charge in [-0.1, -0.05) is 45.0 Å². The van der Waals surface area contributed by atoms with E-state index >= 15 is 0 Å². The Morgan fingerprint density at radius 1 is 1.25 bits per heavy atom. The summed E-state index contributed by atoms with van der Waals surface area (Å²) in [5.74, 6) is 0.725. The molecule has 2 amide bonds. The monoisotopic (exact) mass is 329 g/mol. The molecule has 2 unspecified atom stereocenters. The molecule has 2 aliphatic rings. The molecule has 3 N–H and O–H groups in total. The van der Waals surface area contributed by atoms with Gasteiger partial charge in [0.2, 0.25) is 11.8 Å². The van der Waals surface area contributed by atoms with Crippen molar-refractivity contribution in [3.63, 3.8) is 0 Å². The first-order valence-corrected chi connectivity index (χ1v) is 8.79. The fourth-order valence-corrected chi connectivity index (χ4v) is 3.60. The zero-order chi connectivity index (χ0) is 17.5. The molecule has 0 bridgehead atoms. The Hall–Kier alpha value is -1.88. The van der Waals surface area contributed by atoms with Gasteiger partial charge in [0.1, 0.15) is 0 Å². The van der Waals surface area contributed by atoms with Crippen LogP contribution < -0.4 is 16.0 Å². The van der Waals surface area contributed by atoms with E-state index in [1.165, 1.54) is 5.56 Å². The standard InChI is InChI=1S/C19H27N3O2/c1-11(2)14-5-7-15(8-6-14)19(10-12(19)3)22-18(24)16-9-17(23)21-13(4)20-16/h5-8,11-13,16,20H,9-10H2,1-4H3,(H,21,23)(H,22,24)/t12-,13?,16?,19-/m1/s1. The summed E-state index contributed by atoms with van der Waals surface area (Å²) in [5, 5.41) is 9.12. The number of hydrogen-bond acceptors (Lipinski definition) is 3. The van der Waals surface area contributed by atoms with E-state index in [0.717, 1.165) is 12.0 Å². The molecule has 5 heteroatoms. The summed E-state index contributed by atoms with van der Waals surface area (Å²) in [6.45, 7) is 8.35. The lowest BCUT2D eigenvalue weighted by Gasteiger charge is -2.30. The van der Waals surface area contributed by atoms with E-state index in [1.807, 2.05) is 6.92 Å². The SMILES string of the molecule is CC1NC(=O)CC(C(=O)N[C@]2(c3ccc(C(C)C)cc3)C[C@H]2C)N1. The number of carbonyl (C=O) groups excluding carboxylic acids is 2. The largest absolute Gasteiger partial charge is 0.345 e. The van der Waals surface area contributed by atoms with E-state index in [0.29, 0.717) is 11.8 Å². The molecule has 4 atom stereocenters. The van der Waals surface area contributed by atoms with Crippen LogP contribution in [0.15, 0.2) is 24.3 Å². The van der Waals surface area contributed by atoms with Crippen LogP contribution in [0.3, 0.4) is 0 Å². The van der Waals surface area contributed by atoms with E-state index in [1.54, 1.807) is 0 Å². The molecule has 1 aromatic rings. The number of rotatable bonds is 4. The average molecular weight is 329 g/mol. The maximum absolute atomic E-state index is 12.7. The second-order valence-electron chi connectivity index (χ2n) is 7.56. The van der Waals surface area contributed by atoms with Crippen molar-refractivity contribution >= 4 is 11.8 Å². The molecule has 1 saturated heterocycles. The van der Waals surface area contributed by atoms with Crippen molar-refractivity contribution in [2.24, 2.45) is 5.92 Å². The van der Waals surface area contributed by atoms with E-state index in [4.69, 9.17) is 0 Å². The molecule has 0 spiro atoms. The highest BCUT2D eigenvalue weighted by Gasteiger charge is 2.54. The first kappa shape index (κ1) is 17.0. The predicted molar refractivity (Wildman–Crippen MR) is 93.3 cm³/mol. The number of benzene rings is 1. The zero-order valence-electron chi connectivity index (χ0n) is 14.8. The summed E-state index contributed by atoms with van der Waals surface area (Å²) in [6.07, 6.45) is 0.946. The van der Waals surface area contributed by atoms with Crippen LogP contribution in [-0.4, -0.2) is 24.0 Å². The molecule has 1 aliphatic heterocycles. The molecule has 130 valence electrons. The van der Waals surface area contributed by atoms with Crippen LogP contribution in [0.2, 0.25) is 0 Å². The van der Waals surface area contributed by atoms with Crippen molar-refractivity contribution in [3.8, 4) is 0 Å². The van der Waals surface area contributed by atoms with Gasteiger partial charge in [0, 0.05) is 0 Å². The highest BCUT2D eigenvalue weighted by Crippen LogP contribution is 2.51. The molecule has 1 aliphatic carbocycles. The minimum absolute atomic E-state index is 0.0828. The highest BCUT2D eigenvalue weighted by molar-refractivity contribution is 5.90. The Balaban J connectivity index is 1.74. The van der Waals surface area contributed by atoms with Gasteiger partial charge in [-0.3, -0.25) is 14.9 Å². The van der Waals surface area contributed by atoms with E-state index < -0.39 is 6.04 Å². The topological polar surface area (TPSA) is 70.2 Å². The van der Waals surface area contributed by atoms with Crippen molar-refractivity contribution in [1.82, 2.24) is 16.0 Å². The van der Waals surface area contributed by atoms with Gasteiger partial charge in [-0.05, 0) is 36.3 Å². The van der Waals surface area contributed by atoms with Gasteiger partial charge in [0.25, 0.3) is 0 Å². The molecule has 24 heavy (non-hydrogen) atoms. The predicted octanol–water partition coefficient (Wildman–Crippen LogP) is 1.99. The summed E-state index contributed by atoms with van der Waals surface area (Å²) in [5.41, 5.74) is 2.17. The van der Waals surface area contributed by atoms with Crippen molar-refractivity contribution in [2.45, 2.75) is 64.2 Å². The van der Waals surface area contributed by atoms with Crippen molar-refractivity contribution < 1.29 is 9.59 Å². The Morgan fingerprint density at radius 3 is 2.38 bits per heavy atom. The zero-order valence-corrected chi connectivity index (χ0v) is 14.8. The quantitative estimate of drug-likeness (QED) is 0.791. The maximum Gasteiger partial charge on any atom is 0.238 e. The van der Waals surface area contributed by atoms with Crippen molar-refractivity contribution in [1.29, 1.82) is 0 Å². The Labute approximate surface area is 143 Å². The average Bonchev–Trinajstić information content (AvgIpc) is 3.17. The lowest BCUT2D eigenvalue weighted by molar-refractivity contribution is -0.132.